The standard InChI is InChI=1S/C14H18ClNO/c1-9-3-4-11(7-10(9)2)14(17)13-6-5-12(15)8-16-13/h5-6,8-11H,3-4,7H2,1-2H3. The quantitative estimate of drug-likeness (QED) is 0.744. The van der Waals surface area contributed by atoms with Crippen LogP contribution in [0, 0.1) is 17.8 Å². The maximum Gasteiger partial charge on any atom is 0.184 e. The highest BCUT2D eigenvalue weighted by Crippen LogP contribution is 2.34. The smallest absolute Gasteiger partial charge is 0.184 e. The Hall–Kier alpha value is -0.890. The van der Waals surface area contributed by atoms with Crippen LogP contribution in [0.5, 0.6) is 0 Å². The summed E-state index contributed by atoms with van der Waals surface area (Å²) in [6.07, 6.45) is 4.67. The highest BCUT2D eigenvalue weighted by molar-refractivity contribution is 6.30. The summed E-state index contributed by atoms with van der Waals surface area (Å²) in [6.45, 7) is 4.51. The number of ketones is 1. The van der Waals surface area contributed by atoms with E-state index in [-0.39, 0.29) is 11.7 Å². The molecular weight excluding hydrogens is 234 g/mol. The van der Waals surface area contributed by atoms with E-state index in [1.54, 1.807) is 18.3 Å². The number of halogens is 1. The summed E-state index contributed by atoms with van der Waals surface area (Å²) >= 11 is 5.77. The van der Waals surface area contributed by atoms with Crippen molar-refractivity contribution in [2.45, 2.75) is 33.1 Å². The zero-order valence-corrected chi connectivity index (χ0v) is 11.1. The van der Waals surface area contributed by atoms with Crippen molar-refractivity contribution in [2.75, 3.05) is 0 Å². The van der Waals surface area contributed by atoms with Crippen molar-refractivity contribution in [3.05, 3.63) is 29.0 Å². The van der Waals surface area contributed by atoms with E-state index < -0.39 is 0 Å². The first-order valence-corrected chi connectivity index (χ1v) is 6.61. The van der Waals surface area contributed by atoms with Crippen LogP contribution in [0.3, 0.4) is 0 Å². The summed E-state index contributed by atoms with van der Waals surface area (Å²) in [4.78, 5) is 16.4. The third kappa shape index (κ3) is 2.86. The van der Waals surface area contributed by atoms with E-state index in [1.807, 2.05) is 0 Å². The number of hydrogen-bond acceptors (Lipinski definition) is 2. The van der Waals surface area contributed by atoms with Crippen LogP contribution < -0.4 is 0 Å². The van der Waals surface area contributed by atoms with Gasteiger partial charge in [-0.2, -0.15) is 0 Å². The Morgan fingerprint density at radius 3 is 2.65 bits per heavy atom. The molecule has 1 aliphatic rings. The number of pyridine rings is 1. The number of aromatic nitrogens is 1. The minimum Gasteiger partial charge on any atom is -0.292 e. The Morgan fingerprint density at radius 2 is 2.06 bits per heavy atom. The first kappa shape index (κ1) is 12.6. The van der Waals surface area contributed by atoms with Crippen LogP contribution in [-0.4, -0.2) is 10.8 Å². The van der Waals surface area contributed by atoms with Gasteiger partial charge in [-0.05, 0) is 43.2 Å². The van der Waals surface area contributed by atoms with Gasteiger partial charge in [-0.15, -0.1) is 0 Å². The van der Waals surface area contributed by atoms with Gasteiger partial charge in [-0.1, -0.05) is 25.4 Å². The van der Waals surface area contributed by atoms with Gasteiger partial charge in [0, 0.05) is 12.1 Å². The van der Waals surface area contributed by atoms with Crippen LogP contribution in [0.15, 0.2) is 18.3 Å². The van der Waals surface area contributed by atoms with E-state index in [2.05, 4.69) is 18.8 Å². The van der Waals surface area contributed by atoms with Gasteiger partial charge in [0.1, 0.15) is 5.69 Å². The molecule has 0 amide bonds. The van der Waals surface area contributed by atoms with E-state index >= 15 is 0 Å². The summed E-state index contributed by atoms with van der Waals surface area (Å²) < 4.78 is 0. The summed E-state index contributed by atoms with van der Waals surface area (Å²) in [6, 6.07) is 3.46. The minimum atomic E-state index is 0.148. The fourth-order valence-corrected chi connectivity index (χ4v) is 2.63. The first-order valence-electron chi connectivity index (χ1n) is 6.23. The topological polar surface area (TPSA) is 30.0 Å². The molecule has 1 saturated carbocycles. The number of Topliss-reactive ketones (excluding diaryl/α,β-unsaturated/α-hetero) is 1. The van der Waals surface area contributed by atoms with E-state index in [4.69, 9.17) is 11.6 Å². The molecule has 2 rings (SSSR count). The second-order valence-electron chi connectivity index (χ2n) is 5.19. The van der Waals surface area contributed by atoms with Crippen LogP contribution in [0.4, 0.5) is 0 Å². The normalized spacial score (nSPS) is 29.0. The second kappa shape index (κ2) is 5.18. The average molecular weight is 252 g/mol. The number of carbonyl (C=O) groups is 1. The van der Waals surface area contributed by atoms with Gasteiger partial charge in [0.15, 0.2) is 5.78 Å². The summed E-state index contributed by atoms with van der Waals surface area (Å²) in [7, 11) is 0. The summed E-state index contributed by atoms with van der Waals surface area (Å²) in [5, 5.41) is 0.576. The largest absolute Gasteiger partial charge is 0.292 e. The Labute approximate surface area is 107 Å². The van der Waals surface area contributed by atoms with Crippen molar-refractivity contribution in [3.63, 3.8) is 0 Å². The molecule has 1 heterocycles. The number of nitrogens with zero attached hydrogens (tertiary/aromatic N) is 1. The van der Waals surface area contributed by atoms with Crippen LogP contribution in [0.1, 0.15) is 43.6 Å². The summed E-state index contributed by atoms with van der Waals surface area (Å²) in [5.41, 5.74) is 0.557. The molecule has 2 nitrogen and oxygen atoms in total. The lowest BCUT2D eigenvalue weighted by Gasteiger charge is -2.30. The monoisotopic (exact) mass is 251 g/mol. The molecular formula is C14H18ClNO. The molecule has 0 radical (unpaired) electrons. The van der Waals surface area contributed by atoms with E-state index in [0.717, 1.165) is 25.2 Å². The van der Waals surface area contributed by atoms with Crippen LogP contribution in [0.25, 0.3) is 0 Å². The fraction of sp³-hybridized carbons (Fsp3) is 0.571. The van der Waals surface area contributed by atoms with Crippen molar-refractivity contribution >= 4 is 17.4 Å². The third-order valence-electron chi connectivity index (χ3n) is 3.95. The van der Waals surface area contributed by atoms with E-state index in [9.17, 15) is 4.79 Å². The maximum atomic E-state index is 12.3. The number of rotatable bonds is 2. The fourth-order valence-electron chi connectivity index (χ4n) is 2.52. The molecule has 3 atom stereocenters. The Balaban J connectivity index is 2.08. The molecule has 3 heteroatoms. The van der Waals surface area contributed by atoms with Gasteiger partial charge in [-0.3, -0.25) is 9.78 Å². The molecule has 0 saturated heterocycles. The molecule has 0 aromatic carbocycles. The number of hydrogen-bond donors (Lipinski definition) is 0. The van der Waals surface area contributed by atoms with Gasteiger partial charge >= 0.3 is 0 Å². The SMILES string of the molecule is CC1CCC(C(=O)c2ccc(Cl)cn2)CC1C. The van der Waals surface area contributed by atoms with Crippen molar-refractivity contribution < 1.29 is 4.79 Å². The lowest BCUT2D eigenvalue weighted by molar-refractivity contribution is 0.0832. The maximum absolute atomic E-state index is 12.3. The molecule has 0 bridgehead atoms. The zero-order chi connectivity index (χ0) is 12.4. The van der Waals surface area contributed by atoms with Gasteiger partial charge < -0.3 is 0 Å². The molecule has 0 spiro atoms. The minimum absolute atomic E-state index is 0.148. The van der Waals surface area contributed by atoms with Crippen LogP contribution in [-0.2, 0) is 0 Å². The van der Waals surface area contributed by atoms with Crippen LogP contribution in [0.2, 0.25) is 5.02 Å². The van der Waals surface area contributed by atoms with Crippen molar-refractivity contribution in [3.8, 4) is 0 Å². The number of carbonyl (C=O) groups excluding carboxylic acids is 1. The Kier molecular flexibility index (Phi) is 3.82. The molecule has 17 heavy (non-hydrogen) atoms. The Bertz CT molecular complexity index is 401. The molecule has 1 aliphatic carbocycles. The van der Waals surface area contributed by atoms with Gasteiger partial charge in [0.05, 0.1) is 5.02 Å². The average Bonchev–Trinajstić information content (AvgIpc) is 2.33. The van der Waals surface area contributed by atoms with E-state index in [1.165, 1.54) is 0 Å². The lowest BCUT2D eigenvalue weighted by Crippen LogP contribution is -2.26. The second-order valence-corrected chi connectivity index (χ2v) is 5.63. The lowest BCUT2D eigenvalue weighted by atomic mass is 9.74. The van der Waals surface area contributed by atoms with Gasteiger partial charge in [0.2, 0.25) is 0 Å². The van der Waals surface area contributed by atoms with Gasteiger partial charge in [-0.25, -0.2) is 0 Å². The van der Waals surface area contributed by atoms with E-state index in [0.29, 0.717) is 16.6 Å². The highest BCUT2D eigenvalue weighted by Gasteiger charge is 2.30. The highest BCUT2D eigenvalue weighted by atomic mass is 35.5. The summed E-state index contributed by atoms with van der Waals surface area (Å²) in [5.74, 6) is 1.69. The predicted molar refractivity (Wildman–Crippen MR) is 69.2 cm³/mol. The molecule has 0 N–H and O–H groups in total. The van der Waals surface area contributed by atoms with Crippen molar-refractivity contribution in [1.29, 1.82) is 0 Å². The van der Waals surface area contributed by atoms with Crippen molar-refractivity contribution in [1.82, 2.24) is 4.98 Å². The third-order valence-corrected chi connectivity index (χ3v) is 4.17. The van der Waals surface area contributed by atoms with Gasteiger partial charge in [0.25, 0.3) is 0 Å². The predicted octanol–water partition coefficient (Wildman–Crippen LogP) is 3.99. The molecule has 1 fully saturated rings. The molecule has 3 unspecified atom stereocenters. The zero-order valence-electron chi connectivity index (χ0n) is 10.3. The molecule has 0 aliphatic heterocycles. The van der Waals surface area contributed by atoms with Crippen LogP contribution >= 0.6 is 11.6 Å². The Morgan fingerprint density at radius 1 is 1.29 bits per heavy atom. The first-order chi connectivity index (χ1) is 8.08. The van der Waals surface area contributed by atoms with Crippen molar-refractivity contribution in [2.24, 2.45) is 17.8 Å². The molecule has 1 aromatic heterocycles. The molecule has 92 valence electrons. The molecule has 1 aromatic rings.